The highest BCUT2D eigenvalue weighted by atomic mass is 19.1. The number of nitrogens with zero attached hydrogens (tertiary/aromatic N) is 1. The number of aryl methyl sites for hydroxylation is 1. The molecule has 0 saturated heterocycles. The molecule has 1 heterocycles. The number of carbonyl (C=O) groups is 2. The van der Waals surface area contributed by atoms with Crippen LogP contribution in [-0.2, 0) is 9.53 Å². The normalized spacial score (nSPS) is 11.6. The molecule has 0 spiro atoms. The van der Waals surface area contributed by atoms with Gasteiger partial charge in [-0.15, -0.1) is 0 Å². The van der Waals surface area contributed by atoms with Gasteiger partial charge in [0.1, 0.15) is 5.82 Å². The SMILES string of the molecule is Cc1cc(C(=O)O[C@@H](C(=O)Nc2ccc(F)cc2)c2ccccc2)on1. The second kappa shape index (κ2) is 7.60. The number of anilines is 1. The van der Waals surface area contributed by atoms with E-state index >= 15 is 0 Å². The van der Waals surface area contributed by atoms with Gasteiger partial charge in [-0.3, -0.25) is 4.79 Å². The summed E-state index contributed by atoms with van der Waals surface area (Å²) < 4.78 is 23.2. The molecule has 0 bridgehead atoms. The molecule has 3 rings (SSSR count). The van der Waals surface area contributed by atoms with Crippen LogP contribution in [0.1, 0.15) is 27.9 Å². The summed E-state index contributed by atoms with van der Waals surface area (Å²) in [4.78, 5) is 24.9. The van der Waals surface area contributed by atoms with Gasteiger partial charge in [0.15, 0.2) is 0 Å². The summed E-state index contributed by atoms with van der Waals surface area (Å²) in [5.74, 6) is -1.91. The summed E-state index contributed by atoms with van der Waals surface area (Å²) >= 11 is 0. The predicted octanol–water partition coefficient (Wildman–Crippen LogP) is 3.66. The van der Waals surface area contributed by atoms with E-state index in [0.717, 1.165) is 0 Å². The number of esters is 1. The van der Waals surface area contributed by atoms with Gasteiger partial charge in [-0.2, -0.15) is 0 Å². The van der Waals surface area contributed by atoms with Crippen molar-refractivity contribution in [1.29, 1.82) is 0 Å². The van der Waals surface area contributed by atoms with Gasteiger partial charge in [0.05, 0.1) is 5.69 Å². The van der Waals surface area contributed by atoms with Gasteiger partial charge in [0, 0.05) is 17.3 Å². The second-order valence-electron chi connectivity index (χ2n) is 5.52. The van der Waals surface area contributed by atoms with Crippen LogP contribution in [0.15, 0.2) is 65.2 Å². The molecule has 1 aromatic heterocycles. The van der Waals surface area contributed by atoms with E-state index in [4.69, 9.17) is 9.26 Å². The Bertz CT molecular complexity index is 907. The molecule has 0 unspecified atom stereocenters. The van der Waals surface area contributed by atoms with Crippen molar-refractivity contribution in [3.05, 3.63) is 83.5 Å². The van der Waals surface area contributed by atoms with Crippen molar-refractivity contribution in [3.63, 3.8) is 0 Å². The third-order valence-corrected chi connectivity index (χ3v) is 3.51. The molecule has 0 saturated carbocycles. The van der Waals surface area contributed by atoms with Gasteiger partial charge < -0.3 is 14.6 Å². The van der Waals surface area contributed by atoms with Gasteiger partial charge in [0.2, 0.25) is 11.9 Å². The molecule has 6 nitrogen and oxygen atoms in total. The first-order valence-corrected chi connectivity index (χ1v) is 7.78. The largest absolute Gasteiger partial charge is 0.441 e. The smallest absolute Gasteiger partial charge is 0.378 e. The van der Waals surface area contributed by atoms with Crippen molar-refractivity contribution in [2.45, 2.75) is 13.0 Å². The van der Waals surface area contributed by atoms with Crippen LogP contribution in [0.2, 0.25) is 0 Å². The molecule has 1 amide bonds. The molecule has 26 heavy (non-hydrogen) atoms. The maximum Gasteiger partial charge on any atom is 0.378 e. The van der Waals surface area contributed by atoms with E-state index in [-0.39, 0.29) is 5.76 Å². The zero-order valence-electron chi connectivity index (χ0n) is 13.8. The van der Waals surface area contributed by atoms with Crippen molar-refractivity contribution in [3.8, 4) is 0 Å². The Labute approximate surface area is 148 Å². The number of benzene rings is 2. The summed E-state index contributed by atoms with van der Waals surface area (Å²) in [6, 6.07) is 15.2. The Balaban J connectivity index is 1.82. The van der Waals surface area contributed by atoms with Gasteiger partial charge in [-0.05, 0) is 31.2 Å². The number of halogens is 1. The zero-order chi connectivity index (χ0) is 18.5. The fraction of sp³-hybridized carbons (Fsp3) is 0.105. The summed E-state index contributed by atoms with van der Waals surface area (Å²) in [7, 11) is 0. The van der Waals surface area contributed by atoms with Gasteiger partial charge in [-0.1, -0.05) is 35.5 Å². The maximum atomic E-state index is 13.0. The van der Waals surface area contributed by atoms with E-state index in [1.807, 2.05) is 0 Å². The molecular weight excluding hydrogens is 339 g/mol. The monoisotopic (exact) mass is 354 g/mol. The molecule has 0 aliphatic heterocycles. The first-order chi connectivity index (χ1) is 12.5. The van der Waals surface area contributed by atoms with Crippen molar-refractivity contribution in [2.24, 2.45) is 0 Å². The number of aromatic nitrogens is 1. The van der Waals surface area contributed by atoms with Crippen molar-refractivity contribution in [2.75, 3.05) is 5.32 Å². The standard InChI is InChI=1S/C19H15FN2O4/c1-12-11-16(26-22-12)19(24)25-17(13-5-3-2-4-6-13)18(23)21-15-9-7-14(20)8-10-15/h2-11,17H,1H3,(H,21,23)/t17-/m1/s1. The van der Waals surface area contributed by atoms with E-state index in [9.17, 15) is 14.0 Å². The Morgan fingerprint density at radius 3 is 2.42 bits per heavy atom. The summed E-state index contributed by atoms with van der Waals surface area (Å²) in [6.07, 6.45) is -1.21. The highest BCUT2D eigenvalue weighted by Crippen LogP contribution is 2.22. The van der Waals surface area contributed by atoms with Crippen LogP contribution < -0.4 is 5.32 Å². The Hall–Kier alpha value is -3.48. The van der Waals surface area contributed by atoms with Crippen LogP contribution in [0, 0.1) is 12.7 Å². The fourth-order valence-corrected chi connectivity index (χ4v) is 2.27. The van der Waals surface area contributed by atoms with Crippen LogP contribution in [0.25, 0.3) is 0 Å². The fourth-order valence-electron chi connectivity index (χ4n) is 2.27. The van der Waals surface area contributed by atoms with Crippen LogP contribution in [-0.4, -0.2) is 17.0 Å². The third kappa shape index (κ3) is 4.13. The molecular formula is C19H15FN2O4. The number of rotatable bonds is 5. The summed E-state index contributed by atoms with van der Waals surface area (Å²) in [5.41, 5.74) is 1.38. The molecule has 0 fully saturated rings. The quantitative estimate of drug-likeness (QED) is 0.707. The van der Waals surface area contributed by atoms with Crippen LogP contribution in [0.5, 0.6) is 0 Å². The van der Waals surface area contributed by atoms with E-state index in [1.54, 1.807) is 37.3 Å². The lowest BCUT2D eigenvalue weighted by Crippen LogP contribution is -2.25. The molecule has 1 atom stereocenters. The number of ether oxygens (including phenoxy) is 1. The van der Waals surface area contributed by atoms with Crippen molar-refractivity contribution >= 4 is 17.6 Å². The first kappa shape index (κ1) is 17.3. The zero-order valence-corrected chi connectivity index (χ0v) is 13.8. The number of carbonyl (C=O) groups excluding carboxylic acids is 2. The van der Waals surface area contributed by atoms with Crippen molar-refractivity contribution in [1.82, 2.24) is 5.16 Å². The average molecular weight is 354 g/mol. The molecule has 3 aromatic rings. The number of hydrogen-bond acceptors (Lipinski definition) is 5. The third-order valence-electron chi connectivity index (χ3n) is 3.51. The van der Waals surface area contributed by atoms with E-state index in [0.29, 0.717) is 16.9 Å². The topological polar surface area (TPSA) is 81.4 Å². The van der Waals surface area contributed by atoms with Gasteiger partial charge in [0.25, 0.3) is 5.91 Å². The molecule has 2 aromatic carbocycles. The molecule has 0 radical (unpaired) electrons. The summed E-state index contributed by atoms with van der Waals surface area (Å²) in [5, 5.41) is 6.23. The Morgan fingerprint density at radius 1 is 1.12 bits per heavy atom. The van der Waals surface area contributed by atoms with Gasteiger partial charge >= 0.3 is 5.97 Å². The molecule has 1 N–H and O–H groups in total. The van der Waals surface area contributed by atoms with Crippen molar-refractivity contribution < 1.29 is 23.2 Å². The van der Waals surface area contributed by atoms with E-state index in [1.165, 1.54) is 30.3 Å². The maximum absolute atomic E-state index is 13.0. The number of nitrogens with one attached hydrogen (secondary N) is 1. The minimum Gasteiger partial charge on any atom is -0.441 e. The second-order valence-corrected chi connectivity index (χ2v) is 5.52. The van der Waals surface area contributed by atoms with E-state index in [2.05, 4.69) is 10.5 Å². The van der Waals surface area contributed by atoms with Gasteiger partial charge in [-0.25, -0.2) is 9.18 Å². The van der Waals surface area contributed by atoms with Crippen LogP contribution in [0.3, 0.4) is 0 Å². The minimum absolute atomic E-state index is 0.0991. The molecule has 0 aliphatic carbocycles. The Morgan fingerprint density at radius 2 is 1.81 bits per heavy atom. The lowest BCUT2D eigenvalue weighted by atomic mass is 10.1. The van der Waals surface area contributed by atoms with E-state index < -0.39 is 23.8 Å². The number of hydrogen-bond donors (Lipinski definition) is 1. The summed E-state index contributed by atoms with van der Waals surface area (Å²) in [6.45, 7) is 1.66. The minimum atomic E-state index is -1.21. The highest BCUT2D eigenvalue weighted by Gasteiger charge is 2.27. The highest BCUT2D eigenvalue weighted by molar-refractivity contribution is 5.97. The molecule has 132 valence electrons. The van der Waals surface area contributed by atoms with Crippen LogP contribution >= 0.6 is 0 Å². The lowest BCUT2D eigenvalue weighted by Gasteiger charge is -2.17. The molecule has 7 heteroatoms. The number of amides is 1. The van der Waals surface area contributed by atoms with Crippen LogP contribution in [0.4, 0.5) is 10.1 Å². The lowest BCUT2D eigenvalue weighted by molar-refractivity contribution is -0.125. The predicted molar refractivity (Wildman–Crippen MR) is 90.9 cm³/mol. The first-order valence-electron chi connectivity index (χ1n) is 7.78. The Kier molecular flexibility index (Phi) is 5.07. The molecule has 0 aliphatic rings. The average Bonchev–Trinajstić information content (AvgIpc) is 3.08.